The van der Waals surface area contributed by atoms with E-state index in [-0.39, 0.29) is 13.2 Å². The number of aliphatic hydroxyl groups is 2. The van der Waals surface area contributed by atoms with Gasteiger partial charge in [0.15, 0.2) is 0 Å². The van der Waals surface area contributed by atoms with Crippen LogP contribution in [-0.4, -0.2) is 23.4 Å². The number of allylic oxidation sites excluding steroid dienone is 1. The Labute approximate surface area is 63.2 Å². The lowest BCUT2D eigenvalue weighted by atomic mass is 10.3. The molecule has 0 heterocycles. The normalized spacial score (nSPS) is 7.90. The monoisotopic (exact) mass is 146 g/mol. The molecule has 0 unspecified atom stereocenters. The van der Waals surface area contributed by atoms with Crippen LogP contribution in [0.25, 0.3) is 0 Å². The van der Waals surface area contributed by atoms with E-state index >= 15 is 0 Å². The smallest absolute Gasteiger partial charge is 0.0431 e. The van der Waals surface area contributed by atoms with Crippen LogP contribution >= 0.6 is 0 Å². The minimum absolute atomic E-state index is 0.195. The first-order chi connectivity index (χ1) is 4.83. The van der Waals surface area contributed by atoms with E-state index in [1.165, 1.54) is 0 Å². The molecule has 2 N–H and O–H groups in total. The summed E-state index contributed by atoms with van der Waals surface area (Å²) in [7, 11) is 0. The lowest BCUT2D eigenvalue weighted by Gasteiger charge is -1.85. The molecule has 0 aliphatic rings. The standard InChI is InChI=1S/C4H10O2.C4H8/c5-3-1-2-4-6;1-3-4-2/h5-6H,1-4H2;3H,1,4H2,2H3. The van der Waals surface area contributed by atoms with Gasteiger partial charge in [0.05, 0.1) is 0 Å². The Balaban J connectivity index is 0. The van der Waals surface area contributed by atoms with Crippen molar-refractivity contribution in [2.45, 2.75) is 26.2 Å². The van der Waals surface area contributed by atoms with E-state index in [0.29, 0.717) is 0 Å². The quantitative estimate of drug-likeness (QED) is 0.464. The number of unbranched alkanes of at least 4 members (excludes halogenated alkanes) is 1. The Hall–Kier alpha value is -0.340. The van der Waals surface area contributed by atoms with E-state index in [4.69, 9.17) is 10.2 Å². The highest BCUT2D eigenvalue weighted by molar-refractivity contribution is 4.60. The van der Waals surface area contributed by atoms with Crippen molar-refractivity contribution in [1.29, 1.82) is 0 Å². The third-order valence-electron chi connectivity index (χ3n) is 0.855. The topological polar surface area (TPSA) is 40.5 Å². The van der Waals surface area contributed by atoms with Crippen molar-refractivity contribution in [3.05, 3.63) is 12.7 Å². The summed E-state index contributed by atoms with van der Waals surface area (Å²) in [5, 5.41) is 16.2. The average molecular weight is 146 g/mol. The van der Waals surface area contributed by atoms with Crippen LogP contribution in [0.2, 0.25) is 0 Å². The summed E-state index contributed by atoms with van der Waals surface area (Å²) < 4.78 is 0. The molecule has 0 radical (unpaired) electrons. The van der Waals surface area contributed by atoms with Crippen molar-refractivity contribution in [2.24, 2.45) is 0 Å². The fraction of sp³-hybridized carbons (Fsp3) is 0.750. The number of hydrogen-bond acceptors (Lipinski definition) is 2. The Morgan fingerprint density at radius 1 is 1.20 bits per heavy atom. The van der Waals surface area contributed by atoms with Gasteiger partial charge in [0, 0.05) is 13.2 Å². The third kappa shape index (κ3) is 25.4. The van der Waals surface area contributed by atoms with Gasteiger partial charge in [-0.1, -0.05) is 13.0 Å². The van der Waals surface area contributed by atoms with Crippen LogP contribution in [0, 0.1) is 0 Å². The highest BCUT2D eigenvalue weighted by Gasteiger charge is 1.77. The number of hydrogen-bond donors (Lipinski definition) is 2. The molecular weight excluding hydrogens is 128 g/mol. The van der Waals surface area contributed by atoms with Gasteiger partial charge in [-0.3, -0.25) is 0 Å². The molecule has 0 fully saturated rings. The van der Waals surface area contributed by atoms with E-state index in [9.17, 15) is 0 Å². The molecule has 10 heavy (non-hydrogen) atoms. The van der Waals surface area contributed by atoms with Crippen molar-refractivity contribution >= 4 is 0 Å². The number of rotatable bonds is 4. The first kappa shape index (κ1) is 12.3. The summed E-state index contributed by atoms with van der Waals surface area (Å²) in [6, 6.07) is 0. The van der Waals surface area contributed by atoms with Crippen LogP contribution < -0.4 is 0 Å². The van der Waals surface area contributed by atoms with Gasteiger partial charge in [-0.15, -0.1) is 6.58 Å². The molecule has 0 aromatic heterocycles. The molecule has 0 amide bonds. The van der Waals surface area contributed by atoms with Gasteiger partial charge in [0.25, 0.3) is 0 Å². The second-order valence-corrected chi connectivity index (χ2v) is 1.85. The lowest BCUT2D eigenvalue weighted by molar-refractivity contribution is 0.242. The van der Waals surface area contributed by atoms with Crippen molar-refractivity contribution in [3.63, 3.8) is 0 Å². The van der Waals surface area contributed by atoms with E-state index in [0.717, 1.165) is 19.3 Å². The molecule has 0 saturated carbocycles. The molecule has 0 aromatic rings. The zero-order chi connectivity index (χ0) is 8.24. The van der Waals surface area contributed by atoms with Gasteiger partial charge in [-0.05, 0) is 19.3 Å². The molecule has 0 aliphatic heterocycles. The molecule has 2 heteroatoms. The highest BCUT2D eigenvalue weighted by Crippen LogP contribution is 1.80. The van der Waals surface area contributed by atoms with E-state index in [1.54, 1.807) is 0 Å². The van der Waals surface area contributed by atoms with E-state index < -0.39 is 0 Å². The molecule has 0 bridgehead atoms. The molecule has 0 aliphatic carbocycles. The minimum Gasteiger partial charge on any atom is -0.396 e. The molecule has 0 atom stereocenters. The van der Waals surface area contributed by atoms with Gasteiger partial charge in [0.2, 0.25) is 0 Å². The Bertz CT molecular complexity index is 49.2. The van der Waals surface area contributed by atoms with Gasteiger partial charge in [-0.2, -0.15) is 0 Å². The predicted molar refractivity (Wildman–Crippen MR) is 43.9 cm³/mol. The Morgan fingerprint density at radius 3 is 1.60 bits per heavy atom. The van der Waals surface area contributed by atoms with Crippen molar-refractivity contribution < 1.29 is 10.2 Å². The summed E-state index contributed by atoms with van der Waals surface area (Å²) in [4.78, 5) is 0. The van der Waals surface area contributed by atoms with Crippen molar-refractivity contribution in [3.8, 4) is 0 Å². The zero-order valence-corrected chi connectivity index (χ0v) is 6.71. The van der Waals surface area contributed by atoms with Crippen LogP contribution in [0.5, 0.6) is 0 Å². The van der Waals surface area contributed by atoms with Gasteiger partial charge in [-0.25, -0.2) is 0 Å². The van der Waals surface area contributed by atoms with Gasteiger partial charge >= 0.3 is 0 Å². The largest absolute Gasteiger partial charge is 0.396 e. The minimum atomic E-state index is 0.195. The molecular formula is C8H18O2. The summed E-state index contributed by atoms with van der Waals surface area (Å²) in [6.45, 7) is 5.93. The maximum absolute atomic E-state index is 8.09. The molecule has 62 valence electrons. The summed E-state index contributed by atoms with van der Waals surface area (Å²) >= 11 is 0. The van der Waals surface area contributed by atoms with Gasteiger partial charge < -0.3 is 10.2 Å². The van der Waals surface area contributed by atoms with Crippen LogP contribution in [0.15, 0.2) is 12.7 Å². The summed E-state index contributed by atoms with van der Waals surface area (Å²) in [5.74, 6) is 0. The first-order valence-electron chi connectivity index (χ1n) is 3.66. The molecule has 0 rings (SSSR count). The van der Waals surface area contributed by atoms with Crippen LogP contribution in [0.4, 0.5) is 0 Å². The fourth-order valence-electron chi connectivity index (χ4n) is 0.224. The second kappa shape index (κ2) is 15.9. The maximum Gasteiger partial charge on any atom is 0.0431 e. The summed E-state index contributed by atoms with van der Waals surface area (Å²) in [6.07, 6.45) is 4.40. The molecule has 0 aromatic carbocycles. The van der Waals surface area contributed by atoms with Crippen LogP contribution in [0.1, 0.15) is 26.2 Å². The Morgan fingerprint density at radius 2 is 1.50 bits per heavy atom. The van der Waals surface area contributed by atoms with Gasteiger partial charge in [0.1, 0.15) is 0 Å². The average Bonchev–Trinajstić information content (AvgIpc) is 2.01. The lowest BCUT2D eigenvalue weighted by Crippen LogP contribution is -1.85. The van der Waals surface area contributed by atoms with Crippen molar-refractivity contribution in [2.75, 3.05) is 13.2 Å². The second-order valence-electron chi connectivity index (χ2n) is 1.85. The van der Waals surface area contributed by atoms with Crippen molar-refractivity contribution in [1.82, 2.24) is 0 Å². The Kier molecular flexibility index (Phi) is 19.6. The zero-order valence-electron chi connectivity index (χ0n) is 6.71. The van der Waals surface area contributed by atoms with E-state index in [1.807, 2.05) is 6.08 Å². The molecule has 0 saturated heterocycles. The highest BCUT2D eigenvalue weighted by atomic mass is 16.3. The third-order valence-corrected chi connectivity index (χ3v) is 0.855. The van der Waals surface area contributed by atoms with Crippen LogP contribution in [0.3, 0.4) is 0 Å². The number of aliphatic hydroxyl groups excluding tert-OH is 2. The fourth-order valence-corrected chi connectivity index (χ4v) is 0.224. The molecule has 0 spiro atoms. The SMILES string of the molecule is C=CCC.OCCCCO. The first-order valence-corrected chi connectivity index (χ1v) is 3.66. The van der Waals surface area contributed by atoms with E-state index in [2.05, 4.69) is 13.5 Å². The predicted octanol–water partition coefficient (Wildman–Crippen LogP) is 1.33. The summed E-state index contributed by atoms with van der Waals surface area (Å²) in [5.41, 5.74) is 0. The molecule has 2 nitrogen and oxygen atoms in total. The maximum atomic E-state index is 8.09. The van der Waals surface area contributed by atoms with Crippen LogP contribution in [-0.2, 0) is 0 Å².